The molecule has 8 heteroatoms. The van der Waals surface area contributed by atoms with Gasteiger partial charge < -0.3 is 13.5 Å². The normalized spacial score (nSPS) is 10.8. The lowest BCUT2D eigenvalue weighted by atomic mass is 10.2. The summed E-state index contributed by atoms with van der Waals surface area (Å²) >= 11 is 1.37. The van der Waals surface area contributed by atoms with E-state index in [-0.39, 0.29) is 6.61 Å². The molecule has 5 rings (SSSR count). The number of carbonyl (C=O) groups is 1. The van der Waals surface area contributed by atoms with E-state index < -0.39 is 5.97 Å². The lowest BCUT2D eigenvalue weighted by Gasteiger charge is -2.08. The standard InChI is InChI=1S/C26H17N5O2S/c27-12-21-18(14-30-10-3-1-7-23(21)30)16-33-26(32)20-6-5-9-29-25(20)34-17-19-15-31-11-4-2-8-24(31)22(19)13-28/h1-11,14-15H,16-17H2. The van der Waals surface area contributed by atoms with Crippen LogP contribution in [0.2, 0.25) is 0 Å². The van der Waals surface area contributed by atoms with E-state index in [2.05, 4.69) is 17.1 Å². The summed E-state index contributed by atoms with van der Waals surface area (Å²) in [6.07, 6.45) is 9.08. The number of ether oxygens (including phenoxy) is 1. The van der Waals surface area contributed by atoms with Crippen molar-refractivity contribution in [2.75, 3.05) is 0 Å². The molecule has 0 unspecified atom stereocenters. The maximum atomic E-state index is 12.9. The molecule has 0 aromatic carbocycles. The van der Waals surface area contributed by atoms with Gasteiger partial charge in [-0.05, 0) is 42.0 Å². The van der Waals surface area contributed by atoms with Crippen molar-refractivity contribution in [1.29, 1.82) is 10.5 Å². The number of aromatic nitrogens is 3. The number of thioether (sulfide) groups is 1. The first-order chi connectivity index (χ1) is 16.7. The molecule has 0 radical (unpaired) electrons. The lowest BCUT2D eigenvalue weighted by molar-refractivity contribution is 0.0467. The molecule has 0 bridgehead atoms. The van der Waals surface area contributed by atoms with Crippen LogP contribution in [0.1, 0.15) is 32.6 Å². The fourth-order valence-electron chi connectivity index (χ4n) is 3.86. The van der Waals surface area contributed by atoms with Crippen LogP contribution in [-0.2, 0) is 17.1 Å². The number of fused-ring (bicyclic) bond motifs is 2. The Labute approximate surface area is 199 Å². The van der Waals surface area contributed by atoms with E-state index in [0.717, 1.165) is 16.6 Å². The summed E-state index contributed by atoms with van der Waals surface area (Å²) in [5, 5.41) is 19.7. The first-order valence-electron chi connectivity index (χ1n) is 10.4. The summed E-state index contributed by atoms with van der Waals surface area (Å²) < 4.78 is 9.31. The number of nitrogens with zero attached hydrogens (tertiary/aromatic N) is 5. The van der Waals surface area contributed by atoms with Crippen molar-refractivity contribution in [1.82, 2.24) is 13.8 Å². The summed E-state index contributed by atoms with van der Waals surface area (Å²) in [5.74, 6) is -0.0389. The zero-order valence-corrected chi connectivity index (χ0v) is 18.7. The smallest absolute Gasteiger partial charge is 0.341 e. The van der Waals surface area contributed by atoms with Crippen LogP contribution in [-0.4, -0.2) is 19.8 Å². The third-order valence-corrected chi connectivity index (χ3v) is 6.52. The first-order valence-corrected chi connectivity index (χ1v) is 11.4. The third-order valence-electron chi connectivity index (χ3n) is 5.46. The Bertz CT molecular complexity index is 1620. The van der Waals surface area contributed by atoms with Crippen molar-refractivity contribution >= 4 is 28.8 Å². The van der Waals surface area contributed by atoms with Crippen molar-refractivity contribution in [3.8, 4) is 12.1 Å². The summed E-state index contributed by atoms with van der Waals surface area (Å²) in [4.78, 5) is 17.3. The van der Waals surface area contributed by atoms with Gasteiger partial charge in [0.1, 0.15) is 23.8 Å². The molecule has 0 aliphatic heterocycles. The molecule has 7 nitrogen and oxygen atoms in total. The Morgan fingerprint density at radius 2 is 1.56 bits per heavy atom. The minimum atomic E-state index is -0.516. The molecule has 164 valence electrons. The minimum absolute atomic E-state index is 0.0220. The van der Waals surface area contributed by atoms with Crippen LogP contribution >= 0.6 is 11.8 Å². The molecule has 0 saturated heterocycles. The largest absolute Gasteiger partial charge is 0.457 e. The van der Waals surface area contributed by atoms with E-state index in [1.54, 1.807) is 24.5 Å². The second kappa shape index (κ2) is 9.14. The zero-order chi connectivity index (χ0) is 23.5. The number of nitriles is 2. The Balaban J connectivity index is 1.34. The van der Waals surface area contributed by atoms with Crippen LogP contribution in [0, 0.1) is 22.7 Å². The Hall–Kier alpha value is -4.53. The molecule has 5 aromatic rings. The Kier molecular flexibility index (Phi) is 5.73. The summed E-state index contributed by atoms with van der Waals surface area (Å²) in [7, 11) is 0. The average molecular weight is 464 g/mol. The van der Waals surface area contributed by atoms with E-state index in [1.165, 1.54) is 11.8 Å². The van der Waals surface area contributed by atoms with Crippen LogP contribution in [0.25, 0.3) is 11.0 Å². The molecule has 0 fully saturated rings. The molecule has 0 aliphatic rings. The highest BCUT2D eigenvalue weighted by Gasteiger charge is 2.18. The number of pyridine rings is 3. The topological polar surface area (TPSA) is 95.6 Å². The van der Waals surface area contributed by atoms with E-state index in [0.29, 0.717) is 33.0 Å². The molecule has 0 N–H and O–H groups in total. The average Bonchev–Trinajstić information content (AvgIpc) is 3.43. The molecule has 0 spiro atoms. The predicted octanol–water partition coefficient (Wildman–Crippen LogP) is 4.98. The van der Waals surface area contributed by atoms with Crippen molar-refractivity contribution in [3.63, 3.8) is 0 Å². The molecule has 0 atom stereocenters. The van der Waals surface area contributed by atoms with Gasteiger partial charge in [-0.3, -0.25) is 0 Å². The molecule has 5 aromatic heterocycles. The number of rotatable bonds is 6. The van der Waals surface area contributed by atoms with E-state index >= 15 is 0 Å². The monoisotopic (exact) mass is 463 g/mol. The van der Waals surface area contributed by atoms with Crippen LogP contribution in [0.4, 0.5) is 0 Å². The van der Waals surface area contributed by atoms with Gasteiger partial charge in [-0.25, -0.2) is 9.78 Å². The maximum absolute atomic E-state index is 12.9. The van der Waals surface area contributed by atoms with Crippen LogP contribution < -0.4 is 0 Å². The van der Waals surface area contributed by atoms with E-state index in [1.807, 2.05) is 63.8 Å². The van der Waals surface area contributed by atoms with Gasteiger partial charge in [0.25, 0.3) is 0 Å². The van der Waals surface area contributed by atoms with Gasteiger partial charge in [-0.15, -0.1) is 11.8 Å². The van der Waals surface area contributed by atoms with Crippen molar-refractivity contribution in [3.05, 3.63) is 107 Å². The van der Waals surface area contributed by atoms with Crippen molar-refractivity contribution in [2.45, 2.75) is 17.4 Å². The quantitative estimate of drug-likeness (QED) is 0.260. The number of esters is 1. The van der Waals surface area contributed by atoms with Gasteiger partial charge >= 0.3 is 5.97 Å². The highest BCUT2D eigenvalue weighted by molar-refractivity contribution is 7.98. The molecule has 0 amide bonds. The van der Waals surface area contributed by atoms with Crippen molar-refractivity contribution < 1.29 is 9.53 Å². The van der Waals surface area contributed by atoms with Gasteiger partial charge in [0.05, 0.1) is 27.7 Å². The fourth-order valence-corrected chi connectivity index (χ4v) is 4.81. The number of hydrogen-bond acceptors (Lipinski definition) is 6. The van der Waals surface area contributed by atoms with Gasteiger partial charge in [0.15, 0.2) is 0 Å². The zero-order valence-electron chi connectivity index (χ0n) is 17.9. The lowest BCUT2D eigenvalue weighted by Crippen LogP contribution is -2.08. The van der Waals surface area contributed by atoms with E-state index in [9.17, 15) is 15.3 Å². The molecular weight excluding hydrogens is 446 g/mol. The van der Waals surface area contributed by atoms with Crippen molar-refractivity contribution in [2.24, 2.45) is 0 Å². The molecular formula is C26H17N5O2S. The SMILES string of the molecule is N#Cc1c(COC(=O)c2cccnc2SCc2cn3ccccc3c2C#N)cn2ccccc12. The molecule has 0 saturated carbocycles. The van der Waals surface area contributed by atoms with Crippen LogP contribution in [0.3, 0.4) is 0 Å². The summed E-state index contributed by atoms with van der Waals surface area (Å²) in [6.45, 7) is -0.0220. The van der Waals surface area contributed by atoms with Gasteiger partial charge in [0.2, 0.25) is 0 Å². The molecule has 5 heterocycles. The van der Waals surface area contributed by atoms with Gasteiger partial charge in [-0.2, -0.15) is 10.5 Å². The van der Waals surface area contributed by atoms with Gasteiger partial charge in [0, 0.05) is 42.3 Å². The maximum Gasteiger partial charge on any atom is 0.341 e. The first kappa shape index (κ1) is 21.3. The number of hydrogen-bond donors (Lipinski definition) is 0. The van der Waals surface area contributed by atoms with Gasteiger partial charge in [-0.1, -0.05) is 12.1 Å². The Morgan fingerprint density at radius 3 is 2.24 bits per heavy atom. The molecule has 34 heavy (non-hydrogen) atoms. The minimum Gasteiger partial charge on any atom is -0.457 e. The number of carbonyl (C=O) groups excluding carboxylic acids is 1. The molecule has 0 aliphatic carbocycles. The second-order valence-corrected chi connectivity index (χ2v) is 8.45. The fraction of sp³-hybridized carbons (Fsp3) is 0.0769. The third kappa shape index (κ3) is 3.88. The second-order valence-electron chi connectivity index (χ2n) is 7.49. The summed E-state index contributed by atoms with van der Waals surface area (Å²) in [6, 6.07) is 19.1. The Morgan fingerprint density at radius 1 is 0.912 bits per heavy atom. The predicted molar refractivity (Wildman–Crippen MR) is 127 cm³/mol. The van der Waals surface area contributed by atoms with Crippen LogP contribution in [0.5, 0.6) is 0 Å². The van der Waals surface area contributed by atoms with Crippen LogP contribution in [0.15, 0.2) is 84.5 Å². The highest BCUT2D eigenvalue weighted by atomic mass is 32.2. The highest BCUT2D eigenvalue weighted by Crippen LogP contribution is 2.29. The van der Waals surface area contributed by atoms with E-state index in [4.69, 9.17) is 4.74 Å². The summed E-state index contributed by atoms with van der Waals surface area (Å²) in [5.41, 5.74) is 4.55.